The standard InChI is InChI=1S/C24H30N4O2/c1-2-25-24(27-15-21-14-18-8-5-6-11-22(18)30-21)26-13-7-12-23(29)28-16-19-9-3-4-10-20(19)17-28/h3-6,8-11,21H,2,7,12-17H2,1H3,(H2,25,26,27). The second kappa shape index (κ2) is 9.65. The normalized spacial score (nSPS) is 17.3. The van der Waals surface area contributed by atoms with E-state index in [1.165, 1.54) is 16.7 Å². The molecular formula is C24H30N4O2. The van der Waals surface area contributed by atoms with Crippen LogP contribution in [-0.4, -0.2) is 42.5 Å². The van der Waals surface area contributed by atoms with E-state index < -0.39 is 0 Å². The molecule has 0 radical (unpaired) electrons. The van der Waals surface area contributed by atoms with Gasteiger partial charge in [-0.3, -0.25) is 4.79 Å². The zero-order chi connectivity index (χ0) is 20.8. The first kappa shape index (κ1) is 20.3. The van der Waals surface area contributed by atoms with Crippen LogP contribution in [0.5, 0.6) is 5.75 Å². The van der Waals surface area contributed by atoms with Gasteiger partial charge in [-0.05, 0) is 36.1 Å². The molecule has 2 heterocycles. The zero-order valence-corrected chi connectivity index (χ0v) is 17.6. The number of amides is 1. The number of para-hydroxylation sites is 1. The van der Waals surface area contributed by atoms with Crippen molar-refractivity contribution in [2.75, 3.05) is 19.6 Å². The van der Waals surface area contributed by atoms with E-state index in [9.17, 15) is 4.79 Å². The van der Waals surface area contributed by atoms with Crippen LogP contribution in [0.15, 0.2) is 53.5 Å². The molecule has 2 N–H and O–H groups in total. The maximum absolute atomic E-state index is 12.5. The summed E-state index contributed by atoms with van der Waals surface area (Å²) in [6, 6.07) is 16.4. The maximum Gasteiger partial charge on any atom is 0.223 e. The molecular weight excluding hydrogens is 376 g/mol. The molecule has 0 saturated carbocycles. The minimum absolute atomic E-state index is 0.0798. The highest BCUT2D eigenvalue weighted by Gasteiger charge is 2.23. The van der Waals surface area contributed by atoms with Gasteiger partial charge in [0.1, 0.15) is 11.9 Å². The quantitative estimate of drug-likeness (QED) is 0.422. The highest BCUT2D eigenvalue weighted by molar-refractivity contribution is 5.80. The second-order valence-corrected chi connectivity index (χ2v) is 7.82. The fourth-order valence-corrected chi connectivity index (χ4v) is 4.00. The average Bonchev–Trinajstić information content (AvgIpc) is 3.38. The first-order valence-electron chi connectivity index (χ1n) is 10.8. The predicted octanol–water partition coefficient (Wildman–Crippen LogP) is 2.87. The smallest absolute Gasteiger partial charge is 0.223 e. The van der Waals surface area contributed by atoms with E-state index in [0.29, 0.717) is 19.5 Å². The van der Waals surface area contributed by atoms with Crippen molar-refractivity contribution in [2.24, 2.45) is 4.99 Å². The Labute approximate surface area is 178 Å². The van der Waals surface area contributed by atoms with Gasteiger partial charge in [-0.1, -0.05) is 42.5 Å². The lowest BCUT2D eigenvalue weighted by atomic mass is 10.1. The molecule has 2 aromatic carbocycles. The average molecular weight is 407 g/mol. The highest BCUT2D eigenvalue weighted by atomic mass is 16.5. The molecule has 0 spiro atoms. The number of carbonyl (C=O) groups excluding carboxylic acids is 1. The van der Waals surface area contributed by atoms with Gasteiger partial charge in [0.05, 0.1) is 6.54 Å². The molecule has 0 saturated heterocycles. The second-order valence-electron chi connectivity index (χ2n) is 7.82. The van der Waals surface area contributed by atoms with Crippen LogP contribution in [0.25, 0.3) is 0 Å². The summed E-state index contributed by atoms with van der Waals surface area (Å²) in [5.74, 6) is 1.96. The first-order chi connectivity index (χ1) is 14.7. The Morgan fingerprint density at radius 1 is 1.07 bits per heavy atom. The van der Waals surface area contributed by atoms with Gasteiger partial charge in [0.15, 0.2) is 5.96 Å². The minimum Gasteiger partial charge on any atom is -0.488 e. The summed E-state index contributed by atoms with van der Waals surface area (Å²) >= 11 is 0. The Balaban J connectivity index is 1.19. The number of rotatable bonds is 7. The summed E-state index contributed by atoms with van der Waals surface area (Å²) < 4.78 is 5.96. The van der Waals surface area contributed by atoms with Crippen LogP contribution >= 0.6 is 0 Å². The van der Waals surface area contributed by atoms with Crippen molar-refractivity contribution in [3.8, 4) is 5.75 Å². The monoisotopic (exact) mass is 406 g/mol. The van der Waals surface area contributed by atoms with Gasteiger partial charge in [-0.2, -0.15) is 0 Å². The van der Waals surface area contributed by atoms with Gasteiger partial charge in [0.25, 0.3) is 0 Å². The molecule has 1 atom stereocenters. The molecule has 0 aromatic heterocycles. The number of guanidine groups is 1. The van der Waals surface area contributed by atoms with E-state index in [0.717, 1.165) is 44.2 Å². The number of benzene rings is 2. The minimum atomic E-state index is 0.0798. The Hall–Kier alpha value is -3.02. The van der Waals surface area contributed by atoms with Gasteiger partial charge in [0, 0.05) is 39.0 Å². The Morgan fingerprint density at radius 2 is 1.77 bits per heavy atom. The maximum atomic E-state index is 12.5. The lowest BCUT2D eigenvalue weighted by Crippen LogP contribution is -2.39. The van der Waals surface area contributed by atoms with E-state index >= 15 is 0 Å². The molecule has 0 fully saturated rings. The summed E-state index contributed by atoms with van der Waals surface area (Å²) in [5.41, 5.74) is 3.78. The number of ether oxygens (including phenoxy) is 1. The van der Waals surface area contributed by atoms with E-state index in [1.54, 1.807) is 0 Å². The van der Waals surface area contributed by atoms with Gasteiger partial charge >= 0.3 is 0 Å². The summed E-state index contributed by atoms with van der Waals surface area (Å²) in [6.45, 7) is 5.63. The molecule has 6 heteroatoms. The molecule has 0 bridgehead atoms. The molecule has 2 aliphatic rings. The Kier molecular flexibility index (Phi) is 6.52. The third-order valence-electron chi connectivity index (χ3n) is 5.56. The van der Waals surface area contributed by atoms with Crippen LogP contribution < -0.4 is 15.4 Å². The number of nitrogens with one attached hydrogen (secondary N) is 2. The van der Waals surface area contributed by atoms with Crippen LogP contribution in [0.1, 0.15) is 36.5 Å². The van der Waals surface area contributed by atoms with Gasteiger partial charge in [0.2, 0.25) is 5.91 Å². The molecule has 4 rings (SSSR count). The first-order valence-corrected chi connectivity index (χ1v) is 10.8. The van der Waals surface area contributed by atoms with E-state index in [1.807, 2.05) is 42.2 Å². The molecule has 158 valence electrons. The molecule has 0 aliphatic carbocycles. The third kappa shape index (κ3) is 4.93. The number of hydrogen-bond acceptors (Lipinski definition) is 3. The van der Waals surface area contributed by atoms with Crippen molar-refractivity contribution in [3.63, 3.8) is 0 Å². The fourth-order valence-electron chi connectivity index (χ4n) is 4.00. The molecule has 1 amide bonds. The molecule has 2 aliphatic heterocycles. The summed E-state index contributed by atoms with van der Waals surface area (Å²) in [4.78, 5) is 19.1. The van der Waals surface area contributed by atoms with Gasteiger partial charge in [-0.15, -0.1) is 0 Å². The van der Waals surface area contributed by atoms with Gasteiger partial charge in [-0.25, -0.2) is 4.99 Å². The van der Waals surface area contributed by atoms with Crippen LogP contribution in [0.4, 0.5) is 0 Å². The van der Waals surface area contributed by atoms with E-state index in [-0.39, 0.29) is 12.0 Å². The molecule has 6 nitrogen and oxygen atoms in total. The number of hydrogen-bond donors (Lipinski definition) is 2. The topological polar surface area (TPSA) is 66.0 Å². The fraction of sp³-hybridized carbons (Fsp3) is 0.417. The lowest BCUT2D eigenvalue weighted by Gasteiger charge is -2.16. The number of nitrogens with zero attached hydrogens (tertiary/aromatic N) is 2. The van der Waals surface area contributed by atoms with E-state index in [4.69, 9.17) is 4.74 Å². The van der Waals surface area contributed by atoms with Gasteiger partial charge < -0.3 is 20.3 Å². The van der Waals surface area contributed by atoms with Crippen LogP contribution in [0.3, 0.4) is 0 Å². The number of fused-ring (bicyclic) bond motifs is 2. The van der Waals surface area contributed by atoms with Crippen molar-refractivity contribution in [1.29, 1.82) is 0 Å². The largest absolute Gasteiger partial charge is 0.488 e. The zero-order valence-electron chi connectivity index (χ0n) is 17.6. The van der Waals surface area contributed by atoms with Crippen molar-refractivity contribution >= 4 is 11.9 Å². The van der Waals surface area contributed by atoms with Crippen molar-refractivity contribution in [3.05, 3.63) is 65.2 Å². The predicted molar refractivity (Wildman–Crippen MR) is 118 cm³/mol. The Bertz CT molecular complexity index is 862. The SMILES string of the molecule is CCNC(=NCC1Cc2ccccc2O1)NCCCC(=O)N1Cc2ccccc2C1. The van der Waals surface area contributed by atoms with Crippen LogP contribution in [-0.2, 0) is 24.3 Å². The molecule has 1 unspecified atom stereocenters. The number of carbonyl (C=O) groups is 1. The Morgan fingerprint density at radius 3 is 2.47 bits per heavy atom. The summed E-state index contributed by atoms with van der Waals surface area (Å²) in [5, 5.41) is 6.61. The third-order valence-corrected chi connectivity index (χ3v) is 5.56. The molecule has 30 heavy (non-hydrogen) atoms. The van der Waals surface area contributed by atoms with Crippen molar-refractivity contribution < 1.29 is 9.53 Å². The molecule has 2 aromatic rings. The summed E-state index contributed by atoms with van der Waals surface area (Å²) in [7, 11) is 0. The number of aliphatic imine (C=N–C) groups is 1. The van der Waals surface area contributed by atoms with Crippen LogP contribution in [0.2, 0.25) is 0 Å². The van der Waals surface area contributed by atoms with Crippen LogP contribution in [0, 0.1) is 0 Å². The lowest BCUT2D eigenvalue weighted by molar-refractivity contribution is -0.131. The summed E-state index contributed by atoms with van der Waals surface area (Å²) in [6.07, 6.45) is 2.30. The van der Waals surface area contributed by atoms with Crippen molar-refractivity contribution in [1.82, 2.24) is 15.5 Å². The highest BCUT2D eigenvalue weighted by Crippen LogP contribution is 2.28. The van der Waals surface area contributed by atoms with E-state index in [2.05, 4.69) is 33.8 Å². The van der Waals surface area contributed by atoms with Crippen molar-refractivity contribution in [2.45, 2.75) is 45.4 Å².